The Bertz CT molecular complexity index is 372. The van der Waals surface area contributed by atoms with Crippen LogP contribution < -0.4 is 5.32 Å². The number of rotatable bonds is 6. The summed E-state index contributed by atoms with van der Waals surface area (Å²) < 4.78 is 0. The van der Waals surface area contributed by atoms with Gasteiger partial charge in [-0.1, -0.05) is 0 Å². The minimum absolute atomic E-state index is 0.933. The van der Waals surface area contributed by atoms with Crippen molar-refractivity contribution in [2.75, 3.05) is 46.3 Å². The fraction of sp³-hybridized carbons (Fsp3) is 0.667. The largest absolute Gasteiger partial charge is 0.313 e. The zero-order valence-corrected chi connectivity index (χ0v) is 12.2. The van der Waals surface area contributed by atoms with Crippen LogP contribution in [0.3, 0.4) is 0 Å². The van der Waals surface area contributed by atoms with Crippen LogP contribution in [0.15, 0.2) is 18.5 Å². The van der Waals surface area contributed by atoms with Gasteiger partial charge in [-0.15, -0.1) is 0 Å². The summed E-state index contributed by atoms with van der Waals surface area (Å²) in [5, 5.41) is 3.51. The predicted octanol–water partition coefficient (Wildman–Crippen LogP) is 1.12. The van der Waals surface area contributed by atoms with Crippen molar-refractivity contribution >= 4 is 0 Å². The average Bonchev–Trinajstić information content (AvgIpc) is 2.42. The van der Waals surface area contributed by atoms with Gasteiger partial charge in [0, 0.05) is 45.1 Å². The van der Waals surface area contributed by atoms with Gasteiger partial charge in [0.1, 0.15) is 0 Å². The molecule has 0 aliphatic carbocycles. The average molecular weight is 262 g/mol. The van der Waals surface area contributed by atoms with Gasteiger partial charge in [0.25, 0.3) is 0 Å². The Kier molecular flexibility index (Phi) is 5.76. The second-order valence-corrected chi connectivity index (χ2v) is 5.48. The predicted molar refractivity (Wildman–Crippen MR) is 79.2 cm³/mol. The molecule has 1 saturated heterocycles. The van der Waals surface area contributed by atoms with Crippen molar-refractivity contribution in [2.45, 2.75) is 19.9 Å². The number of piperazine rings is 1. The summed E-state index contributed by atoms with van der Waals surface area (Å²) in [7, 11) is 2.20. The van der Waals surface area contributed by atoms with Crippen LogP contribution in [0, 0.1) is 6.92 Å². The first-order chi connectivity index (χ1) is 9.25. The molecule has 1 aliphatic rings. The Hall–Kier alpha value is -0.970. The number of hydrogen-bond acceptors (Lipinski definition) is 4. The van der Waals surface area contributed by atoms with Crippen LogP contribution >= 0.6 is 0 Å². The Balaban J connectivity index is 1.56. The van der Waals surface area contributed by atoms with Crippen molar-refractivity contribution in [3.05, 3.63) is 29.6 Å². The maximum Gasteiger partial charge on any atom is 0.0315 e. The lowest BCUT2D eigenvalue weighted by Crippen LogP contribution is -2.45. The van der Waals surface area contributed by atoms with Gasteiger partial charge in [0.05, 0.1) is 0 Å². The van der Waals surface area contributed by atoms with Crippen LogP contribution in [0.2, 0.25) is 0 Å². The van der Waals surface area contributed by atoms with E-state index in [1.54, 1.807) is 0 Å². The van der Waals surface area contributed by atoms with Gasteiger partial charge in [-0.3, -0.25) is 4.98 Å². The molecule has 0 atom stereocenters. The highest BCUT2D eigenvalue weighted by Crippen LogP contribution is 2.04. The van der Waals surface area contributed by atoms with E-state index in [-0.39, 0.29) is 0 Å². The highest BCUT2D eigenvalue weighted by atomic mass is 15.2. The minimum Gasteiger partial charge on any atom is -0.313 e. The van der Waals surface area contributed by atoms with E-state index < -0.39 is 0 Å². The third kappa shape index (κ3) is 4.90. The van der Waals surface area contributed by atoms with E-state index >= 15 is 0 Å². The Morgan fingerprint density at radius 1 is 1.26 bits per heavy atom. The molecule has 0 bridgehead atoms. The summed E-state index contributed by atoms with van der Waals surface area (Å²) >= 11 is 0. The molecule has 4 nitrogen and oxygen atoms in total. The smallest absolute Gasteiger partial charge is 0.0315 e. The fourth-order valence-electron chi connectivity index (χ4n) is 2.40. The van der Waals surface area contributed by atoms with Crippen molar-refractivity contribution in [3.63, 3.8) is 0 Å². The third-order valence-corrected chi connectivity index (χ3v) is 3.89. The summed E-state index contributed by atoms with van der Waals surface area (Å²) in [6.45, 7) is 10.2. The molecule has 0 unspecified atom stereocenters. The molecular formula is C15H26N4. The number of nitrogens with one attached hydrogen (secondary N) is 1. The molecule has 106 valence electrons. The number of aromatic nitrogens is 1. The first-order valence-electron chi connectivity index (χ1n) is 7.27. The maximum atomic E-state index is 4.17. The molecule has 0 aromatic carbocycles. The monoisotopic (exact) mass is 262 g/mol. The number of aryl methyl sites for hydroxylation is 1. The molecule has 2 heterocycles. The molecule has 1 aromatic rings. The molecular weight excluding hydrogens is 236 g/mol. The molecule has 1 N–H and O–H groups in total. The van der Waals surface area contributed by atoms with Gasteiger partial charge in [-0.2, -0.15) is 0 Å². The van der Waals surface area contributed by atoms with Gasteiger partial charge in [0.2, 0.25) is 0 Å². The number of nitrogens with zero attached hydrogens (tertiary/aromatic N) is 3. The highest BCUT2D eigenvalue weighted by molar-refractivity contribution is 5.20. The van der Waals surface area contributed by atoms with Crippen LogP contribution in [-0.2, 0) is 6.54 Å². The lowest BCUT2D eigenvalue weighted by atomic mass is 10.1. The van der Waals surface area contributed by atoms with Crippen molar-refractivity contribution in [3.8, 4) is 0 Å². The number of hydrogen-bond donors (Lipinski definition) is 1. The first kappa shape index (κ1) is 14.4. The zero-order valence-electron chi connectivity index (χ0n) is 12.2. The molecule has 0 saturated carbocycles. The second-order valence-electron chi connectivity index (χ2n) is 5.48. The van der Waals surface area contributed by atoms with Gasteiger partial charge in [-0.25, -0.2) is 0 Å². The fourth-order valence-corrected chi connectivity index (χ4v) is 2.40. The number of pyridine rings is 1. The summed E-state index contributed by atoms with van der Waals surface area (Å²) in [5.41, 5.74) is 2.63. The first-order valence-corrected chi connectivity index (χ1v) is 7.27. The van der Waals surface area contributed by atoms with Crippen LogP contribution in [0.5, 0.6) is 0 Å². The van der Waals surface area contributed by atoms with Crippen molar-refractivity contribution in [1.82, 2.24) is 20.1 Å². The van der Waals surface area contributed by atoms with E-state index in [0.29, 0.717) is 0 Å². The third-order valence-electron chi connectivity index (χ3n) is 3.89. The minimum atomic E-state index is 0.933. The molecule has 0 amide bonds. The molecule has 0 spiro atoms. The quantitative estimate of drug-likeness (QED) is 0.779. The summed E-state index contributed by atoms with van der Waals surface area (Å²) in [6.07, 6.45) is 5.04. The summed E-state index contributed by atoms with van der Waals surface area (Å²) in [5.74, 6) is 0. The SMILES string of the molecule is Cc1ccncc1CNCCCN1CCN(C)CC1. The van der Waals surface area contributed by atoms with E-state index in [0.717, 1.165) is 13.1 Å². The topological polar surface area (TPSA) is 31.4 Å². The molecule has 19 heavy (non-hydrogen) atoms. The van der Waals surface area contributed by atoms with E-state index in [1.165, 1.54) is 50.3 Å². The van der Waals surface area contributed by atoms with Crippen molar-refractivity contribution in [1.29, 1.82) is 0 Å². The summed E-state index contributed by atoms with van der Waals surface area (Å²) in [4.78, 5) is 9.14. The highest BCUT2D eigenvalue weighted by Gasteiger charge is 2.12. The van der Waals surface area contributed by atoms with E-state index in [4.69, 9.17) is 0 Å². The molecule has 1 aromatic heterocycles. The molecule has 1 fully saturated rings. The van der Waals surface area contributed by atoms with Gasteiger partial charge in [0.15, 0.2) is 0 Å². The lowest BCUT2D eigenvalue weighted by molar-refractivity contribution is 0.153. The normalized spacial score (nSPS) is 17.8. The van der Waals surface area contributed by atoms with Gasteiger partial charge >= 0.3 is 0 Å². The summed E-state index contributed by atoms with van der Waals surface area (Å²) in [6, 6.07) is 2.07. The van der Waals surface area contributed by atoms with Crippen LogP contribution in [-0.4, -0.2) is 61.1 Å². The van der Waals surface area contributed by atoms with E-state index in [2.05, 4.69) is 40.1 Å². The van der Waals surface area contributed by atoms with Crippen molar-refractivity contribution in [2.24, 2.45) is 0 Å². The van der Waals surface area contributed by atoms with Crippen LogP contribution in [0.25, 0.3) is 0 Å². The second kappa shape index (κ2) is 7.58. The number of likely N-dealkylation sites (N-methyl/N-ethyl adjacent to an activating group) is 1. The van der Waals surface area contributed by atoms with E-state index in [1.807, 2.05) is 12.4 Å². The van der Waals surface area contributed by atoms with Crippen molar-refractivity contribution < 1.29 is 0 Å². The molecule has 2 rings (SSSR count). The Morgan fingerprint density at radius 2 is 2.05 bits per heavy atom. The standard InChI is InChI=1S/C15H26N4/c1-14-4-6-17-13-15(14)12-16-5-3-7-19-10-8-18(2)9-11-19/h4,6,13,16H,3,5,7-12H2,1-2H3. The molecule has 0 radical (unpaired) electrons. The Labute approximate surface area is 116 Å². The van der Waals surface area contributed by atoms with Gasteiger partial charge in [-0.05, 0) is 50.7 Å². The molecule has 1 aliphatic heterocycles. The van der Waals surface area contributed by atoms with Gasteiger partial charge < -0.3 is 15.1 Å². The van der Waals surface area contributed by atoms with Crippen LogP contribution in [0.4, 0.5) is 0 Å². The lowest BCUT2D eigenvalue weighted by Gasteiger charge is -2.32. The van der Waals surface area contributed by atoms with E-state index in [9.17, 15) is 0 Å². The Morgan fingerprint density at radius 3 is 2.79 bits per heavy atom. The van der Waals surface area contributed by atoms with Crippen LogP contribution in [0.1, 0.15) is 17.5 Å². The maximum absolute atomic E-state index is 4.17. The zero-order chi connectivity index (χ0) is 13.5. The molecule has 4 heteroatoms.